The maximum absolute atomic E-state index is 13.5. The van der Waals surface area contributed by atoms with Crippen LogP contribution in [0.5, 0.6) is 0 Å². The minimum absolute atomic E-state index is 0.00724. The van der Waals surface area contributed by atoms with Gasteiger partial charge in [0.05, 0.1) is 17.9 Å². The fourth-order valence-electron chi connectivity index (χ4n) is 7.12. The van der Waals surface area contributed by atoms with Crippen LogP contribution in [0.15, 0.2) is 59.7 Å². The maximum Gasteiger partial charge on any atom is 0.309 e. The summed E-state index contributed by atoms with van der Waals surface area (Å²) in [5.74, 6) is -0.103. The van der Waals surface area contributed by atoms with Gasteiger partial charge in [-0.3, -0.25) is 14.4 Å². The molecule has 1 heterocycles. The van der Waals surface area contributed by atoms with Gasteiger partial charge in [-0.15, -0.1) is 5.10 Å². The topological polar surface area (TPSA) is 108 Å². The molecule has 0 bridgehead atoms. The fourth-order valence-corrected chi connectivity index (χ4v) is 7.12. The van der Waals surface area contributed by atoms with Crippen molar-refractivity contribution in [3.63, 3.8) is 0 Å². The number of hydrogen-bond acceptors (Lipinski definition) is 5. The van der Waals surface area contributed by atoms with E-state index < -0.39 is 11.4 Å². The van der Waals surface area contributed by atoms with Crippen LogP contribution in [0.2, 0.25) is 0 Å². The Balaban J connectivity index is 1.18. The number of hydrogen-bond donors (Lipinski definition) is 2. The molecule has 0 spiro atoms. The van der Waals surface area contributed by atoms with Crippen LogP contribution in [0.4, 0.5) is 0 Å². The summed E-state index contributed by atoms with van der Waals surface area (Å²) < 4.78 is 5.56. The molecular weight excluding hydrogens is 542 g/mol. The Bertz CT molecular complexity index is 1330. The van der Waals surface area contributed by atoms with Crippen LogP contribution in [-0.4, -0.2) is 46.9 Å². The predicted molar refractivity (Wildman–Crippen MR) is 165 cm³/mol. The monoisotopic (exact) mass is 587 g/mol. The number of carboxylic acid groups (broad SMARTS) is 1. The number of carbonyl (C=O) groups is 3. The van der Waals surface area contributed by atoms with E-state index in [-0.39, 0.29) is 35.7 Å². The number of carbonyl (C=O) groups excluding carboxylic acids is 2. The van der Waals surface area contributed by atoms with Crippen molar-refractivity contribution in [1.82, 2.24) is 10.3 Å². The predicted octanol–water partition coefficient (Wildman–Crippen LogP) is 6.10. The second-order valence-corrected chi connectivity index (χ2v) is 13.6. The minimum atomic E-state index is -0.678. The highest BCUT2D eigenvalue weighted by atomic mass is 16.5. The summed E-state index contributed by atoms with van der Waals surface area (Å²) in [5, 5.41) is 19.0. The van der Waals surface area contributed by atoms with Crippen LogP contribution in [0.25, 0.3) is 0 Å². The molecule has 3 unspecified atom stereocenters. The van der Waals surface area contributed by atoms with E-state index in [1.807, 2.05) is 54.6 Å². The van der Waals surface area contributed by atoms with Crippen LogP contribution in [0, 0.1) is 22.7 Å². The third kappa shape index (κ3) is 7.11. The van der Waals surface area contributed by atoms with Gasteiger partial charge in [-0.25, -0.2) is 5.01 Å². The third-order valence-electron chi connectivity index (χ3n) is 9.57. The van der Waals surface area contributed by atoms with E-state index in [2.05, 4.69) is 31.2 Å². The average Bonchev–Trinajstić information content (AvgIpc) is 3.53. The first-order valence-corrected chi connectivity index (χ1v) is 15.8. The number of aliphatic carboxylic acids is 1. The van der Waals surface area contributed by atoms with Crippen LogP contribution in [0.3, 0.4) is 0 Å². The van der Waals surface area contributed by atoms with Gasteiger partial charge in [0.15, 0.2) is 6.61 Å². The van der Waals surface area contributed by atoms with E-state index in [4.69, 9.17) is 4.74 Å². The molecule has 2 aliphatic carbocycles. The Kier molecular flexibility index (Phi) is 9.23. The lowest BCUT2D eigenvalue weighted by atomic mass is 9.82. The Labute approximate surface area is 254 Å². The molecule has 2 aromatic carbocycles. The normalized spacial score (nSPS) is 23.0. The van der Waals surface area contributed by atoms with E-state index in [1.54, 1.807) is 0 Å². The highest BCUT2D eigenvalue weighted by Crippen LogP contribution is 2.63. The first-order valence-electron chi connectivity index (χ1n) is 15.8. The molecule has 2 N–H and O–H groups in total. The minimum Gasteiger partial charge on any atom is -0.481 e. The Hall–Kier alpha value is -3.68. The molecule has 0 aromatic heterocycles. The molecule has 230 valence electrons. The van der Waals surface area contributed by atoms with Crippen molar-refractivity contribution in [3.05, 3.63) is 71.3 Å². The Morgan fingerprint density at radius 3 is 2.40 bits per heavy atom. The number of benzene rings is 2. The van der Waals surface area contributed by atoms with Crippen molar-refractivity contribution >= 4 is 23.7 Å². The van der Waals surface area contributed by atoms with Gasteiger partial charge in [0, 0.05) is 12.1 Å². The summed E-state index contributed by atoms with van der Waals surface area (Å²) in [4.78, 5) is 38.1. The van der Waals surface area contributed by atoms with Gasteiger partial charge < -0.3 is 15.2 Å². The number of ether oxygens (including phenoxy) is 1. The average molecular weight is 588 g/mol. The zero-order valence-electron chi connectivity index (χ0n) is 25.7. The summed E-state index contributed by atoms with van der Waals surface area (Å²) in [6.07, 6.45) is 7.32. The van der Waals surface area contributed by atoms with Crippen molar-refractivity contribution < 1.29 is 24.2 Å². The van der Waals surface area contributed by atoms with E-state index in [0.717, 1.165) is 61.6 Å². The lowest BCUT2D eigenvalue weighted by Gasteiger charge is -2.25. The molecule has 1 aliphatic heterocycles. The molecule has 2 amide bonds. The van der Waals surface area contributed by atoms with E-state index in [1.165, 1.54) is 5.01 Å². The lowest BCUT2D eigenvalue weighted by Crippen LogP contribution is -2.36. The van der Waals surface area contributed by atoms with Crippen molar-refractivity contribution in [3.8, 4) is 0 Å². The Morgan fingerprint density at radius 2 is 1.77 bits per heavy atom. The highest BCUT2D eigenvalue weighted by molar-refractivity contribution is 5.97. The van der Waals surface area contributed by atoms with E-state index in [9.17, 15) is 19.5 Å². The summed E-state index contributed by atoms with van der Waals surface area (Å²) in [5.41, 5.74) is 2.14. The van der Waals surface area contributed by atoms with Gasteiger partial charge in [-0.2, -0.15) is 0 Å². The fraction of sp³-hybridized carbons (Fsp3) is 0.543. The third-order valence-corrected chi connectivity index (χ3v) is 9.57. The van der Waals surface area contributed by atoms with Crippen LogP contribution in [-0.2, 0) is 25.7 Å². The second kappa shape index (κ2) is 12.9. The first-order chi connectivity index (χ1) is 20.6. The second-order valence-electron chi connectivity index (χ2n) is 13.6. The number of amides is 2. The smallest absolute Gasteiger partial charge is 0.309 e. The molecule has 3 atom stereocenters. The number of hydrazone groups is 1. The van der Waals surface area contributed by atoms with E-state index in [0.29, 0.717) is 31.3 Å². The molecule has 2 fully saturated rings. The van der Waals surface area contributed by atoms with Gasteiger partial charge in [0.2, 0.25) is 11.8 Å². The lowest BCUT2D eigenvalue weighted by molar-refractivity contribution is -0.145. The van der Waals surface area contributed by atoms with E-state index >= 15 is 0 Å². The van der Waals surface area contributed by atoms with Gasteiger partial charge in [0.25, 0.3) is 5.91 Å². The standard InChI is InChI=1S/C35H45N3O5/c1-34(2,3)28-21-35(28,33(41)42)19-9-10-20-36-31(40)30(25-11-7-8-12-25)26-17-15-24(16-18-26)22-38-29(39)23-43-32(37-38)27-13-5-4-6-14-27/h4-6,13-18,25,28,30H,7-12,19-23H2,1-3H3,(H,36,40)(H,41,42). The number of nitrogens with one attached hydrogen (secondary N) is 1. The van der Waals surface area contributed by atoms with Crippen molar-refractivity contribution in [2.75, 3.05) is 13.2 Å². The largest absolute Gasteiger partial charge is 0.481 e. The van der Waals surface area contributed by atoms with Gasteiger partial charge >= 0.3 is 5.97 Å². The van der Waals surface area contributed by atoms with Crippen LogP contribution < -0.4 is 5.32 Å². The van der Waals surface area contributed by atoms with Gasteiger partial charge in [-0.1, -0.05) is 82.5 Å². The van der Waals surface area contributed by atoms with Crippen molar-refractivity contribution in [1.29, 1.82) is 0 Å². The summed E-state index contributed by atoms with van der Waals surface area (Å²) in [6, 6.07) is 17.5. The molecule has 0 radical (unpaired) electrons. The molecule has 2 saturated carbocycles. The number of nitrogens with zero attached hydrogens (tertiary/aromatic N) is 2. The van der Waals surface area contributed by atoms with Crippen LogP contribution >= 0.6 is 0 Å². The maximum atomic E-state index is 13.5. The van der Waals surface area contributed by atoms with Crippen molar-refractivity contribution in [2.24, 2.45) is 27.8 Å². The molecule has 8 heteroatoms. The summed E-state index contributed by atoms with van der Waals surface area (Å²) in [7, 11) is 0. The molecular formula is C35H45N3O5. The molecule has 2 aromatic rings. The summed E-state index contributed by atoms with van der Waals surface area (Å²) in [6.45, 7) is 7.19. The number of rotatable bonds is 12. The number of carboxylic acids is 1. The Morgan fingerprint density at radius 1 is 1.07 bits per heavy atom. The summed E-state index contributed by atoms with van der Waals surface area (Å²) >= 11 is 0. The highest BCUT2D eigenvalue weighted by Gasteiger charge is 2.63. The van der Waals surface area contributed by atoms with Crippen molar-refractivity contribution in [2.45, 2.75) is 84.6 Å². The van der Waals surface area contributed by atoms with Gasteiger partial charge in [-0.05, 0) is 72.6 Å². The first kappa shape index (κ1) is 30.8. The SMILES string of the molecule is CC(C)(C)C1CC1(CCCCNC(=O)C(c1ccc(CN2N=C(c3ccccc3)OCC2=O)cc1)C1CCCC1)C(=O)O. The van der Waals surface area contributed by atoms with Gasteiger partial charge in [0.1, 0.15) is 0 Å². The zero-order valence-corrected chi connectivity index (χ0v) is 25.7. The molecule has 8 nitrogen and oxygen atoms in total. The molecule has 5 rings (SSSR count). The quantitative estimate of drug-likeness (QED) is 0.292. The molecule has 3 aliphatic rings. The molecule has 0 saturated heterocycles. The number of unbranched alkanes of at least 4 members (excludes halogenated alkanes) is 1. The van der Waals surface area contributed by atoms with Crippen LogP contribution in [0.1, 0.15) is 94.7 Å². The molecule has 43 heavy (non-hydrogen) atoms. The zero-order chi connectivity index (χ0) is 30.6.